The summed E-state index contributed by atoms with van der Waals surface area (Å²) in [4.78, 5) is 25.8. The third-order valence-electron chi connectivity index (χ3n) is 6.12. The highest BCUT2D eigenvalue weighted by atomic mass is 35.5. The number of methoxy groups -OCH3 is 1. The fourth-order valence-corrected chi connectivity index (χ4v) is 4.48. The average molecular weight is 501 g/mol. The normalized spacial score (nSPS) is 16.1. The SMILES string of the molecule is COc1cc2ncnc(Nc3ccc(F)c(Cl)c3)c2cc1CN1CCC[C@H]1C(=O)NCCN(C)C. The van der Waals surface area contributed by atoms with Crippen molar-refractivity contribution in [2.24, 2.45) is 0 Å². The van der Waals surface area contributed by atoms with E-state index < -0.39 is 5.82 Å². The molecule has 0 spiro atoms. The number of nitrogens with zero attached hydrogens (tertiary/aromatic N) is 4. The second-order valence-electron chi connectivity index (χ2n) is 8.88. The third kappa shape index (κ3) is 5.98. The molecule has 0 bridgehead atoms. The number of rotatable bonds is 9. The number of likely N-dealkylation sites (tertiary alicyclic amines) is 1. The maximum Gasteiger partial charge on any atom is 0.237 e. The Morgan fingerprint density at radius 3 is 2.86 bits per heavy atom. The van der Waals surface area contributed by atoms with Crippen molar-refractivity contribution in [2.75, 3.05) is 46.2 Å². The van der Waals surface area contributed by atoms with E-state index in [0.717, 1.165) is 36.9 Å². The lowest BCUT2D eigenvalue weighted by Crippen LogP contribution is -2.44. The van der Waals surface area contributed by atoms with Crippen LogP contribution < -0.4 is 15.4 Å². The monoisotopic (exact) mass is 500 g/mol. The average Bonchev–Trinajstić information content (AvgIpc) is 3.29. The molecule has 0 aliphatic carbocycles. The number of anilines is 2. The first-order valence-electron chi connectivity index (χ1n) is 11.6. The van der Waals surface area contributed by atoms with E-state index in [-0.39, 0.29) is 17.0 Å². The summed E-state index contributed by atoms with van der Waals surface area (Å²) in [6.07, 6.45) is 3.25. The van der Waals surface area contributed by atoms with Gasteiger partial charge in [-0.05, 0) is 57.7 Å². The predicted octanol–water partition coefficient (Wildman–Crippen LogP) is 3.82. The highest BCUT2D eigenvalue weighted by Crippen LogP contribution is 2.32. The number of aromatic nitrogens is 2. The van der Waals surface area contributed by atoms with Gasteiger partial charge in [0.2, 0.25) is 5.91 Å². The minimum Gasteiger partial charge on any atom is -0.496 e. The van der Waals surface area contributed by atoms with Gasteiger partial charge < -0.3 is 20.3 Å². The maximum atomic E-state index is 13.6. The third-order valence-corrected chi connectivity index (χ3v) is 6.41. The smallest absolute Gasteiger partial charge is 0.237 e. The molecule has 2 N–H and O–H groups in total. The molecule has 4 rings (SSSR count). The standard InChI is InChI=1S/C25H30ClFN6O2/c1-32(2)10-8-28-25(34)22-5-4-9-33(22)14-16-11-18-21(13-23(16)35-3)29-15-30-24(18)31-17-6-7-20(27)19(26)12-17/h6-7,11-13,15,22H,4-5,8-10,14H2,1-3H3,(H,28,34)(H,29,30,31)/t22-/m0/s1. The summed E-state index contributed by atoms with van der Waals surface area (Å²) in [7, 11) is 5.59. The van der Waals surface area contributed by atoms with Crippen LogP contribution in [0, 0.1) is 5.82 Å². The minimum absolute atomic E-state index is 0.0275. The molecule has 0 radical (unpaired) electrons. The highest BCUT2D eigenvalue weighted by Gasteiger charge is 2.31. The Bertz CT molecular complexity index is 1210. The molecule has 1 saturated heterocycles. The first-order valence-corrected chi connectivity index (χ1v) is 11.9. The second-order valence-corrected chi connectivity index (χ2v) is 9.29. The van der Waals surface area contributed by atoms with E-state index in [0.29, 0.717) is 35.9 Å². The Morgan fingerprint density at radius 2 is 2.11 bits per heavy atom. The summed E-state index contributed by atoms with van der Waals surface area (Å²) in [6.45, 7) is 2.81. The van der Waals surface area contributed by atoms with Crippen LogP contribution in [0.2, 0.25) is 5.02 Å². The molecule has 35 heavy (non-hydrogen) atoms. The predicted molar refractivity (Wildman–Crippen MR) is 136 cm³/mol. The lowest BCUT2D eigenvalue weighted by atomic mass is 10.1. The number of carbonyl (C=O) groups is 1. The van der Waals surface area contributed by atoms with Crippen molar-refractivity contribution in [1.29, 1.82) is 0 Å². The summed E-state index contributed by atoms with van der Waals surface area (Å²) < 4.78 is 19.2. The Morgan fingerprint density at radius 1 is 1.29 bits per heavy atom. The van der Waals surface area contributed by atoms with Crippen LogP contribution in [0.3, 0.4) is 0 Å². The Kier molecular flexibility index (Phi) is 8.00. The fourth-order valence-electron chi connectivity index (χ4n) is 4.30. The lowest BCUT2D eigenvalue weighted by molar-refractivity contribution is -0.125. The number of likely N-dealkylation sites (N-methyl/N-ethyl adjacent to an activating group) is 1. The van der Waals surface area contributed by atoms with Crippen LogP contribution in [-0.4, -0.2) is 72.6 Å². The minimum atomic E-state index is -0.484. The lowest BCUT2D eigenvalue weighted by Gasteiger charge is -2.25. The molecule has 2 aromatic carbocycles. The largest absolute Gasteiger partial charge is 0.496 e. The van der Waals surface area contributed by atoms with Crippen molar-refractivity contribution in [1.82, 2.24) is 25.1 Å². The molecule has 1 aliphatic heterocycles. The number of benzene rings is 2. The zero-order chi connectivity index (χ0) is 24.9. The summed E-state index contributed by atoms with van der Waals surface area (Å²) in [5, 5.41) is 7.08. The van der Waals surface area contributed by atoms with Gasteiger partial charge in [0.1, 0.15) is 23.7 Å². The Hall–Kier alpha value is -3.01. The molecular weight excluding hydrogens is 471 g/mol. The number of hydrogen-bond acceptors (Lipinski definition) is 7. The summed E-state index contributed by atoms with van der Waals surface area (Å²) in [6, 6.07) is 8.10. The van der Waals surface area contributed by atoms with Crippen molar-refractivity contribution in [2.45, 2.75) is 25.4 Å². The topological polar surface area (TPSA) is 82.6 Å². The molecule has 3 aromatic rings. The van der Waals surface area contributed by atoms with Crippen molar-refractivity contribution in [3.05, 3.63) is 53.1 Å². The highest BCUT2D eigenvalue weighted by molar-refractivity contribution is 6.31. The molecule has 0 unspecified atom stereocenters. The van der Waals surface area contributed by atoms with Crippen LogP contribution in [0.25, 0.3) is 10.9 Å². The first-order chi connectivity index (χ1) is 16.9. The zero-order valence-corrected chi connectivity index (χ0v) is 20.9. The first kappa shape index (κ1) is 25.1. The van der Waals surface area contributed by atoms with Crippen molar-refractivity contribution < 1.29 is 13.9 Å². The molecule has 8 nitrogen and oxygen atoms in total. The van der Waals surface area contributed by atoms with Gasteiger partial charge in [0, 0.05) is 42.3 Å². The second kappa shape index (κ2) is 11.2. The fraction of sp³-hybridized carbons (Fsp3) is 0.400. The summed E-state index contributed by atoms with van der Waals surface area (Å²) in [5.74, 6) is 0.845. The number of amides is 1. The van der Waals surface area contributed by atoms with Crippen molar-refractivity contribution >= 4 is 39.9 Å². The van der Waals surface area contributed by atoms with Gasteiger partial charge in [0.25, 0.3) is 0 Å². The Labute approximate surface area is 209 Å². The van der Waals surface area contributed by atoms with Gasteiger partial charge in [-0.15, -0.1) is 0 Å². The van der Waals surface area contributed by atoms with Crippen molar-refractivity contribution in [3.8, 4) is 5.75 Å². The number of ether oxygens (including phenoxy) is 1. The van der Waals surface area contributed by atoms with Gasteiger partial charge in [0.05, 0.1) is 23.7 Å². The van der Waals surface area contributed by atoms with Crippen LogP contribution in [0.5, 0.6) is 5.75 Å². The molecular formula is C25H30ClFN6O2. The van der Waals surface area contributed by atoms with Crippen LogP contribution in [0.1, 0.15) is 18.4 Å². The Balaban J connectivity index is 1.59. The van der Waals surface area contributed by atoms with Crippen LogP contribution in [0.15, 0.2) is 36.7 Å². The number of hydrogen-bond donors (Lipinski definition) is 2. The molecule has 10 heteroatoms. The summed E-state index contributed by atoms with van der Waals surface area (Å²) >= 11 is 5.94. The number of nitrogens with one attached hydrogen (secondary N) is 2. The molecule has 1 aromatic heterocycles. The van der Waals surface area contributed by atoms with Gasteiger partial charge in [0.15, 0.2) is 0 Å². The van der Waals surface area contributed by atoms with Gasteiger partial charge in [-0.25, -0.2) is 14.4 Å². The van der Waals surface area contributed by atoms with Crippen molar-refractivity contribution in [3.63, 3.8) is 0 Å². The zero-order valence-electron chi connectivity index (χ0n) is 20.1. The van der Waals surface area contributed by atoms with Crippen LogP contribution in [0.4, 0.5) is 15.9 Å². The summed E-state index contributed by atoms with van der Waals surface area (Å²) in [5.41, 5.74) is 2.25. The molecule has 1 amide bonds. The molecule has 2 heterocycles. The molecule has 186 valence electrons. The van der Waals surface area contributed by atoms with E-state index in [1.54, 1.807) is 13.2 Å². The molecule has 0 saturated carbocycles. The van der Waals surface area contributed by atoms with Gasteiger partial charge in [-0.1, -0.05) is 11.6 Å². The number of halogens is 2. The van der Waals surface area contributed by atoms with E-state index in [9.17, 15) is 9.18 Å². The van der Waals surface area contributed by atoms with Gasteiger partial charge in [-0.2, -0.15) is 0 Å². The molecule has 1 aliphatic rings. The van der Waals surface area contributed by atoms with Crippen LogP contribution >= 0.6 is 11.6 Å². The van der Waals surface area contributed by atoms with E-state index in [4.69, 9.17) is 16.3 Å². The molecule has 1 atom stereocenters. The van der Waals surface area contributed by atoms with Gasteiger partial charge in [-0.3, -0.25) is 9.69 Å². The van der Waals surface area contributed by atoms with E-state index in [1.807, 2.05) is 31.1 Å². The van der Waals surface area contributed by atoms with Crippen LogP contribution in [-0.2, 0) is 11.3 Å². The number of fused-ring (bicyclic) bond motifs is 1. The maximum absolute atomic E-state index is 13.6. The van der Waals surface area contributed by atoms with E-state index in [2.05, 4.69) is 25.5 Å². The number of carbonyl (C=O) groups excluding carboxylic acids is 1. The van der Waals surface area contributed by atoms with Gasteiger partial charge >= 0.3 is 0 Å². The molecule has 1 fully saturated rings. The van der Waals surface area contributed by atoms with E-state index >= 15 is 0 Å². The van der Waals surface area contributed by atoms with E-state index in [1.165, 1.54) is 18.5 Å². The quantitative estimate of drug-likeness (QED) is 0.462.